The third kappa shape index (κ3) is 15.4. The number of ether oxygens (including phenoxy) is 1. The van der Waals surface area contributed by atoms with Crippen molar-refractivity contribution in [3.05, 3.63) is 0 Å². The molecule has 0 aliphatic carbocycles. The lowest BCUT2D eigenvalue weighted by atomic mass is 10.0. The van der Waals surface area contributed by atoms with Gasteiger partial charge in [-0.15, -0.1) is 0 Å². The van der Waals surface area contributed by atoms with Crippen LogP contribution in [0.1, 0.15) is 85.5 Å². The molecule has 0 N–H and O–H groups in total. The SMILES string of the molecule is CC(C)CCCCCCOC(=O)CCCCC(C)C. The molecule has 19 heavy (non-hydrogen) atoms. The van der Waals surface area contributed by atoms with Crippen molar-refractivity contribution in [2.45, 2.75) is 85.5 Å². The van der Waals surface area contributed by atoms with Gasteiger partial charge in [0.25, 0.3) is 0 Å². The standard InChI is InChI=1S/C17H34O2/c1-15(2)11-7-5-6-10-14-19-17(18)13-9-8-12-16(3)4/h15-16H,5-14H2,1-4H3. The fraction of sp³-hybridized carbons (Fsp3) is 0.941. The van der Waals surface area contributed by atoms with Gasteiger partial charge in [-0.2, -0.15) is 0 Å². The molecule has 0 aliphatic heterocycles. The Kier molecular flexibility index (Phi) is 12.2. The molecule has 0 fully saturated rings. The van der Waals surface area contributed by atoms with Crippen molar-refractivity contribution in [3.63, 3.8) is 0 Å². The summed E-state index contributed by atoms with van der Waals surface area (Å²) in [6, 6.07) is 0. The van der Waals surface area contributed by atoms with E-state index in [0.29, 0.717) is 13.0 Å². The van der Waals surface area contributed by atoms with E-state index in [0.717, 1.165) is 31.1 Å². The van der Waals surface area contributed by atoms with Crippen molar-refractivity contribution in [1.29, 1.82) is 0 Å². The Labute approximate surface area is 120 Å². The van der Waals surface area contributed by atoms with Crippen LogP contribution in [0.5, 0.6) is 0 Å². The van der Waals surface area contributed by atoms with Crippen molar-refractivity contribution in [3.8, 4) is 0 Å². The Morgan fingerprint density at radius 1 is 0.789 bits per heavy atom. The molecule has 114 valence electrons. The molecule has 0 radical (unpaired) electrons. The van der Waals surface area contributed by atoms with Crippen molar-refractivity contribution in [2.75, 3.05) is 6.61 Å². The van der Waals surface area contributed by atoms with Crippen LogP contribution in [-0.2, 0) is 9.53 Å². The zero-order chi connectivity index (χ0) is 14.5. The summed E-state index contributed by atoms with van der Waals surface area (Å²) in [6.07, 6.45) is 10.0. The van der Waals surface area contributed by atoms with E-state index in [1.165, 1.54) is 32.1 Å². The molecule has 0 heterocycles. The molecule has 0 saturated heterocycles. The first-order valence-corrected chi connectivity index (χ1v) is 8.18. The molecule has 0 aromatic heterocycles. The number of carbonyl (C=O) groups is 1. The largest absolute Gasteiger partial charge is 0.466 e. The first-order valence-electron chi connectivity index (χ1n) is 8.18. The van der Waals surface area contributed by atoms with Crippen LogP contribution in [-0.4, -0.2) is 12.6 Å². The number of carbonyl (C=O) groups excluding carboxylic acids is 1. The average Bonchev–Trinajstić information content (AvgIpc) is 2.33. The molecule has 0 rings (SSSR count). The predicted molar refractivity (Wildman–Crippen MR) is 82.2 cm³/mol. The molecular weight excluding hydrogens is 236 g/mol. The highest BCUT2D eigenvalue weighted by Gasteiger charge is 2.03. The van der Waals surface area contributed by atoms with Gasteiger partial charge in [-0.05, 0) is 24.7 Å². The molecule has 2 nitrogen and oxygen atoms in total. The Balaban J connectivity index is 3.20. The van der Waals surface area contributed by atoms with E-state index in [1.54, 1.807) is 0 Å². The summed E-state index contributed by atoms with van der Waals surface area (Å²) in [5, 5.41) is 0. The normalized spacial score (nSPS) is 11.3. The Morgan fingerprint density at radius 3 is 1.89 bits per heavy atom. The van der Waals surface area contributed by atoms with E-state index < -0.39 is 0 Å². The number of hydrogen-bond acceptors (Lipinski definition) is 2. The smallest absolute Gasteiger partial charge is 0.305 e. The number of unbranched alkanes of at least 4 members (excludes halogenated alkanes) is 4. The zero-order valence-electron chi connectivity index (χ0n) is 13.5. The van der Waals surface area contributed by atoms with E-state index in [4.69, 9.17) is 4.74 Å². The number of hydrogen-bond donors (Lipinski definition) is 0. The van der Waals surface area contributed by atoms with Gasteiger partial charge in [-0.1, -0.05) is 66.2 Å². The molecule has 2 heteroatoms. The topological polar surface area (TPSA) is 26.3 Å². The molecule has 0 spiro atoms. The third-order valence-electron chi connectivity index (χ3n) is 3.35. The fourth-order valence-electron chi connectivity index (χ4n) is 2.09. The minimum atomic E-state index is -0.00839. The summed E-state index contributed by atoms with van der Waals surface area (Å²) in [7, 11) is 0. The van der Waals surface area contributed by atoms with E-state index in [1.807, 2.05) is 0 Å². The third-order valence-corrected chi connectivity index (χ3v) is 3.35. The maximum Gasteiger partial charge on any atom is 0.305 e. The minimum absolute atomic E-state index is 0.00839. The van der Waals surface area contributed by atoms with Gasteiger partial charge < -0.3 is 4.74 Å². The lowest BCUT2D eigenvalue weighted by Gasteiger charge is -2.06. The van der Waals surface area contributed by atoms with Crippen molar-refractivity contribution >= 4 is 5.97 Å². The van der Waals surface area contributed by atoms with E-state index >= 15 is 0 Å². The summed E-state index contributed by atoms with van der Waals surface area (Å²) in [5.74, 6) is 1.54. The van der Waals surface area contributed by atoms with Gasteiger partial charge in [0.05, 0.1) is 6.61 Å². The first-order chi connectivity index (χ1) is 9.02. The second kappa shape index (κ2) is 12.5. The lowest BCUT2D eigenvalue weighted by molar-refractivity contribution is -0.143. The molecule has 0 aromatic carbocycles. The zero-order valence-corrected chi connectivity index (χ0v) is 13.5. The van der Waals surface area contributed by atoms with Gasteiger partial charge in [0, 0.05) is 6.42 Å². The highest BCUT2D eigenvalue weighted by atomic mass is 16.5. The molecule has 0 aromatic rings. The second-order valence-electron chi connectivity index (χ2n) is 6.46. The molecule has 0 aliphatic rings. The average molecular weight is 270 g/mol. The van der Waals surface area contributed by atoms with Crippen LogP contribution in [0, 0.1) is 11.8 Å². The quantitative estimate of drug-likeness (QED) is 0.353. The van der Waals surface area contributed by atoms with Crippen LogP contribution in [0.2, 0.25) is 0 Å². The van der Waals surface area contributed by atoms with Crippen LogP contribution in [0.15, 0.2) is 0 Å². The van der Waals surface area contributed by atoms with Gasteiger partial charge in [0.2, 0.25) is 0 Å². The van der Waals surface area contributed by atoms with Gasteiger partial charge in [0.1, 0.15) is 0 Å². The van der Waals surface area contributed by atoms with Crippen LogP contribution in [0.4, 0.5) is 0 Å². The molecule has 0 saturated carbocycles. The fourth-order valence-corrected chi connectivity index (χ4v) is 2.09. The molecular formula is C17H34O2. The first kappa shape index (κ1) is 18.5. The molecule has 0 bridgehead atoms. The van der Waals surface area contributed by atoms with Gasteiger partial charge in [-0.25, -0.2) is 0 Å². The number of esters is 1. The second-order valence-corrected chi connectivity index (χ2v) is 6.46. The maximum atomic E-state index is 11.4. The van der Waals surface area contributed by atoms with Gasteiger partial charge in [0.15, 0.2) is 0 Å². The monoisotopic (exact) mass is 270 g/mol. The van der Waals surface area contributed by atoms with Crippen LogP contribution < -0.4 is 0 Å². The summed E-state index contributed by atoms with van der Waals surface area (Å²) in [5.41, 5.74) is 0. The molecule has 0 unspecified atom stereocenters. The molecule has 0 atom stereocenters. The Bertz CT molecular complexity index is 209. The van der Waals surface area contributed by atoms with Crippen molar-refractivity contribution < 1.29 is 9.53 Å². The van der Waals surface area contributed by atoms with E-state index in [9.17, 15) is 4.79 Å². The summed E-state index contributed by atoms with van der Waals surface area (Å²) < 4.78 is 5.24. The minimum Gasteiger partial charge on any atom is -0.466 e. The van der Waals surface area contributed by atoms with E-state index in [2.05, 4.69) is 27.7 Å². The highest BCUT2D eigenvalue weighted by Crippen LogP contribution is 2.10. The summed E-state index contributed by atoms with van der Waals surface area (Å²) in [4.78, 5) is 11.4. The van der Waals surface area contributed by atoms with Gasteiger partial charge in [-0.3, -0.25) is 4.79 Å². The highest BCUT2D eigenvalue weighted by molar-refractivity contribution is 5.69. The van der Waals surface area contributed by atoms with Crippen LogP contribution >= 0.6 is 0 Å². The Morgan fingerprint density at radius 2 is 1.32 bits per heavy atom. The van der Waals surface area contributed by atoms with Crippen molar-refractivity contribution in [2.24, 2.45) is 11.8 Å². The van der Waals surface area contributed by atoms with Crippen molar-refractivity contribution in [1.82, 2.24) is 0 Å². The summed E-state index contributed by atoms with van der Waals surface area (Å²) in [6.45, 7) is 9.59. The molecule has 0 amide bonds. The Hall–Kier alpha value is -0.530. The predicted octanol–water partition coefficient (Wildman–Crippen LogP) is 5.35. The lowest BCUT2D eigenvalue weighted by Crippen LogP contribution is -2.05. The van der Waals surface area contributed by atoms with Gasteiger partial charge >= 0.3 is 5.97 Å². The van der Waals surface area contributed by atoms with E-state index in [-0.39, 0.29) is 5.97 Å². The summed E-state index contributed by atoms with van der Waals surface area (Å²) >= 11 is 0. The maximum absolute atomic E-state index is 11.4. The number of rotatable bonds is 12. The van der Waals surface area contributed by atoms with Crippen LogP contribution in [0.3, 0.4) is 0 Å². The van der Waals surface area contributed by atoms with Crippen LogP contribution in [0.25, 0.3) is 0 Å².